The van der Waals surface area contributed by atoms with E-state index in [2.05, 4.69) is 19.7 Å². The lowest BCUT2D eigenvalue weighted by atomic mass is 10.3. The van der Waals surface area contributed by atoms with E-state index in [1.807, 2.05) is 0 Å². The molecule has 27 heavy (non-hydrogen) atoms. The summed E-state index contributed by atoms with van der Waals surface area (Å²) < 4.78 is 28.7. The van der Waals surface area contributed by atoms with E-state index in [0.29, 0.717) is 22.5 Å². The first-order chi connectivity index (χ1) is 13.0. The van der Waals surface area contributed by atoms with E-state index in [4.69, 9.17) is 0 Å². The van der Waals surface area contributed by atoms with E-state index in [0.717, 1.165) is 0 Å². The molecular weight excluding hydrogens is 386 g/mol. The average Bonchev–Trinajstić information content (AvgIpc) is 3.14. The number of anilines is 1. The van der Waals surface area contributed by atoms with Crippen LogP contribution in [0.4, 0.5) is 5.13 Å². The van der Waals surface area contributed by atoms with E-state index in [-0.39, 0.29) is 15.6 Å². The van der Waals surface area contributed by atoms with Gasteiger partial charge in [0.25, 0.3) is 15.6 Å². The van der Waals surface area contributed by atoms with Crippen LogP contribution in [0.1, 0.15) is 5.82 Å². The Morgan fingerprint density at radius 2 is 1.85 bits per heavy atom. The first-order valence-corrected chi connectivity index (χ1v) is 10.2. The number of hydrogen-bond donors (Lipinski definition) is 1. The van der Waals surface area contributed by atoms with E-state index < -0.39 is 10.0 Å². The van der Waals surface area contributed by atoms with Gasteiger partial charge in [-0.05, 0) is 43.3 Å². The second-order valence-corrected chi connectivity index (χ2v) is 8.19. The van der Waals surface area contributed by atoms with Crippen molar-refractivity contribution in [2.75, 3.05) is 4.72 Å². The van der Waals surface area contributed by atoms with E-state index in [9.17, 15) is 13.2 Å². The minimum Gasteiger partial charge on any atom is -0.268 e. The van der Waals surface area contributed by atoms with Crippen LogP contribution in [0, 0.1) is 6.92 Å². The van der Waals surface area contributed by atoms with Gasteiger partial charge in [-0.1, -0.05) is 0 Å². The smallest absolute Gasteiger partial charge is 0.267 e. The Labute approximate surface area is 158 Å². The molecule has 0 atom stereocenters. The third-order valence-corrected chi connectivity index (χ3v) is 6.04. The van der Waals surface area contributed by atoms with Gasteiger partial charge in [-0.25, -0.2) is 23.4 Å². The highest BCUT2D eigenvalue weighted by molar-refractivity contribution is 7.93. The number of nitrogens with one attached hydrogen (secondary N) is 1. The van der Waals surface area contributed by atoms with Crippen LogP contribution >= 0.6 is 11.3 Å². The molecule has 10 heteroatoms. The average molecular weight is 399 g/mol. The van der Waals surface area contributed by atoms with Crippen molar-refractivity contribution in [1.29, 1.82) is 0 Å². The molecule has 4 aromatic rings. The maximum Gasteiger partial charge on any atom is 0.267 e. The fourth-order valence-corrected chi connectivity index (χ4v) is 4.44. The lowest BCUT2D eigenvalue weighted by Gasteiger charge is -2.11. The van der Waals surface area contributed by atoms with Gasteiger partial charge >= 0.3 is 0 Å². The molecule has 0 saturated carbocycles. The Morgan fingerprint density at radius 3 is 2.56 bits per heavy atom. The Bertz CT molecular complexity index is 1280. The van der Waals surface area contributed by atoms with Crippen LogP contribution in [0.5, 0.6) is 0 Å². The van der Waals surface area contributed by atoms with Gasteiger partial charge in [0.1, 0.15) is 5.82 Å². The molecule has 0 bridgehead atoms. The molecule has 3 aromatic heterocycles. The lowest BCUT2D eigenvalue weighted by molar-refractivity contribution is 0.601. The summed E-state index contributed by atoms with van der Waals surface area (Å²) in [6.45, 7) is 1.70. The van der Waals surface area contributed by atoms with Crippen LogP contribution in [0.3, 0.4) is 0 Å². The van der Waals surface area contributed by atoms with Crippen molar-refractivity contribution in [1.82, 2.24) is 19.5 Å². The van der Waals surface area contributed by atoms with Crippen molar-refractivity contribution in [2.45, 2.75) is 11.8 Å². The molecule has 0 aliphatic heterocycles. The highest BCUT2D eigenvalue weighted by Gasteiger charge is 2.16. The van der Waals surface area contributed by atoms with Crippen LogP contribution in [0.2, 0.25) is 0 Å². The summed E-state index contributed by atoms with van der Waals surface area (Å²) in [7, 11) is -3.75. The molecule has 0 fully saturated rings. The number of benzene rings is 1. The van der Waals surface area contributed by atoms with Gasteiger partial charge in [0.15, 0.2) is 10.8 Å². The molecule has 0 radical (unpaired) electrons. The SMILES string of the molecule is Cc1nc2ncccc2c(=O)n1-c1ccc(S(=O)(=O)Nc2nccs2)cc1. The van der Waals surface area contributed by atoms with Gasteiger partial charge in [-0.2, -0.15) is 0 Å². The summed E-state index contributed by atoms with van der Waals surface area (Å²) in [5.41, 5.74) is 0.633. The molecule has 0 aliphatic carbocycles. The summed E-state index contributed by atoms with van der Waals surface area (Å²) in [5, 5.41) is 2.36. The Morgan fingerprint density at radius 1 is 1.07 bits per heavy atom. The molecule has 4 rings (SSSR count). The topological polar surface area (TPSA) is 107 Å². The second kappa shape index (κ2) is 6.56. The van der Waals surface area contributed by atoms with Gasteiger partial charge in [0, 0.05) is 17.8 Å². The molecule has 0 spiro atoms. The number of hydrogen-bond acceptors (Lipinski definition) is 7. The second-order valence-electron chi connectivity index (χ2n) is 5.61. The third kappa shape index (κ3) is 3.20. The predicted octanol–water partition coefficient (Wildman–Crippen LogP) is 2.35. The van der Waals surface area contributed by atoms with E-state index >= 15 is 0 Å². The first-order valence-electron chi connectivity index (χ1n) is 7.83. The molecule has 3 heterocycles. The van der Waals surface area contributed by atoms with Gasteiger partial charge < -0.3 is 0 Å². The van der Waals surface area contributed by atoms with E-state index in [1.165, 1.54) is 34.2 Å². The number of fused-ring (bicyclic) bond motifs is 1. The Hall–Kier alpha value is -3.11. The number of nitrogens with zero attached hydrogens (tertiary/aromatic N) is 4. The summed E-state index contributed by atoms with van der Waals surface area (Å²) in [5.74, 6) is 0.461. The zero-order valence-corrected chi connectivity index (χ0v) is 15.7. The first kappa shape index (κ1) is 17.3. The third-order valence-electron chi connectivity index (χ3n) is 3.87. The minimum atomic E-state index is -3.75. The van der Waals surface area contributed by atoms with Gasteiger partial charge in [0.05, 0.1) is 16.0 Å². The Kier molecular flexibility index (Phi) is 4.21. The number of sulfonamides is 1. The predicted molar refractivity (Wildman–Crippen MR) is 103 cm³/mol. The maximum absolute atomic E-state index is 12.8. The van der Waals surface area contributed by atoms with Crippen LogP contribution in [0.25, 0.3) is 16.7 Å². The standard InChI is InChI=1S/C17H13N5O3S2/c1-11-20-15-14(3-2-8-18-15)16(23)22(11)12-4-6-13(7-5-12)27(24,25)21-17-19-9-10-26-17/h2-10H,1H3,(H,19,21). The van der Waals surface area contributed by atoms with Crippen LogP contribution < -0.4 is 10.3 Å². The number of thiazole rings is 1. The maximum atomic E-state index is 12.8. The normalized spacial score (nSPS) is 11.6. The monoisotopic (exact) mass is 399 g/mol. The molecule has 0 amide bonds. The number of rotatable bonds is 4. The summed E-state index contributed by atoms with van der Waals surface area (Å²) in [6.07, 6.45) is 3.09. The lowest BCUT2D eigenvalue weighted by Crippen LogP contribution is -2.22. The van der Waals surface area contributed by atoms with Crippen molar-refractivity contribution in [2.24, 2.45) is 0 Å². The highest BCUT2D eigenvalue weighted by atomic mass is 32.2. The molecular formula is C17H13N5O3S2. The Balaban J connectivity index is 1.75. The molecule has 1 aromatic carbocycles. The zero-order chi connectivity index (χ0) is 19.0. The van der Waals surface area contributed by atoms with Crippen molar-refractivity contribution in [3.05, 3.63) is 70.4 Å². The highest BCUT2D eigenvalue weighted by Crippen LogP contribution is 2.19. The molecule has 1 N–H and O–H groups in total. The molecule has 8 nitrogen and oxygen atoms in total. The quantitative estimate of drug-likeness (QED) is 0.564. The van der Waals surface area contributed by atoms with Gasteiger partial charge in [-0.3, -0.25) is 14.1 Å². The van der Waals surface area contributed by atoms with Crippen LogP contribution in [-0.4, -0.2) is 27.9 Å². The minimum absolute atomic E-state index is 0.0718. The summed E-state index contributed by atoms with van der Waals surface area (Å²) in [4.78, 5) is 25.2. The van der Waals surface area contributed by atoms with Gasteiger partial charge in [-0.15, -0.1) is 11.3 Å². The fourth-order valence-electron chi connectivity index (χ4n) is 2.65. The molecule has 0 aliphatic rings. The molecule has 0 unspecified atom stereocenters. The van der Waals surface area contributed by atoms with Crippen molar-refractivity contribution in [3.8, 4) is 5.69 Å². The van der Waals surface area contributed by atoms with Crippen molar-refractivity contribution < 1.29 is 8.42 Å². The number of aryl methyl sites for hydroxylation is 1. The molecule has 0 saturated heterocycles. The molecule has 136 valence electrons. The van der Waals surface area contributed by atoms with Crippen molar-refractivity contribution >= 4 is 37.5 Å². The van der Waals surface area contributed by atoms with Gasteiger partial charge in [0.2, 0.25) is 0 Å². The van der Waals surface area contributed by atoms with Crippen molar-refractivity contribution in [3.63, 3.8) is 0 Å². The summed E-state index contributed by atoms with van der Waals surface area (Å²) in [6, 6.07) is 9.33. The fraction of sp³-hybridized carbons (Fsp3) is 0.0588. The van der Waals surface area contributed by atoms with E-state index in [1.54, 1.807) is 42.8 Å². The zero-order valence-electron chi connectivity index (χ0n) is 14.0. The van der Waals surface area contributed by atoms with Crippen LogP contribution in [-0.2, 0) is 10.0 Å². The summed E-state index contributed by atoms with van der Waals surface area (Å²) >= 11 is 1.19. The van der Waals surface area contributed by atoms with Crippen LogP contribution in [0.15, 0.2) is 63.9 Å². The number of pyridine rings is 1. The number of aromatic nitrogens is 4. The largest absolute Gasteiger partial charge is 0.268 e.